The maximum Gasteiger partial charge on any atom is 0.239 e. The number of hydrogen-bond acceptors (Lipinski definition) is 3. The lowest BCUT2D eigenvalue weighted by atomic mass is 9.96. The van der Waals surface area contributed by atoms with Crippen molar-refractivity contribution in [1.29, 1.82) is 0 Å². The summed E-state index contributed by atoms with van der Waals surface area (Å²) in [6.07, 6.45) is 6.18. The average Bonchev–Trinajstić information content (AvgIpc) is 2.60. The summed E-state index contributed by atoms with van der Waals surface area (Å²) in [4.78, 5) is 18.1. The molecule has 4 nitrogen and oxygen atoms in total. The van der Waals surface area contributed by atoms with E-state index in [2.05, 4.69) is 29.0 Å². The van der Waals surface area contributed by atoms with Gasteiger partial charge in [0.25, 0.3) is 0 Å². The van der Waals surface area contributed by atoms with Crippen LogP contribution < -0.4 is 10.2 Å². The van der Waals surface area contributed by atoms with Crippen LogP contribution in [0.5, 0.6) is 0 Å². The molecule has 0 aliphatic rings. The lowest BCUT2D eigenvalue weighted by Gasteiger charge is -2.20. The molecule has 0 saturated carbocycles. The summed E-state index contributed by atoms with van der Waals surface area (Å²) in [5.74, 6) is 0.262. The lowest BCUT2D eigenvalue weighted by molar-refractivity contribution is -0.119. The normalized spacial score (nSPS) is 11.5. The number of likely N-dealkylation sites (N-methyl/N-ethyl adjacent to an activating group) is 1. The number of nitrogens with zero attached hydrogens (tertiary/aromatic N) is 2. The quantitative estimate of drug-likeness (QED) is 0.763. The molecule has 1 aromatic heterocycles. The van der Waals surface area contributed by atoms with Gasteiger partial charge in [0.1, 0.15) is 0 Å². The molecule has 0 spiro atoms. The topological polar surface area (TPSA) is 45.2 Å². The molecule has 0 fully saturated rings. The molecule has 0 radical (unpaired) electrons. The van der Waals surface area contributed by atoms with Crippen molar-refractivity contribution in [2.45, 2.75) is 12.3 Å². The highest BCUT2D eigenvalue weighted by Gasteiger charge is 2.12. The Kier molecular flexibility index (Phi) is 6.36. The van der Waals surface area contributed by atoms with Crippen molar-refractivity contribution in [3.63, 3.8) is 0 Å². The van der Waals surface area contributed by atoms with E-state index in [1.54, 1.807) is 12.4 Å². The predicted molar refractivity (Wildman–Crippen MR) is 94.5 cm³/mol. The molecule has 120 valence electrons. The molecule has 23 heavy (non-hydrogen) atoms. The van der Waals surface area contributed by atoms with E-state index in [1.807, 2.05) is 48.4 Å². The van der Waals surface area contributed by atoms with Gasteiger partial charge in [0, 0.05) is 37.6 Å². The number of carbonyl (C=O) groups excluding carboxylic acids is 1. The van der Waals surface area contributed by atoms with Gasteiger partial charge < -0.3 is 10.2 Å². The zero-order chi connectivity index (χ0) is 16.5. The van der Waals surface area contributed by atoms with Crippen LogP contribution in [0.25, 0.3) is 0 Å². The van der Waals surface area contributed by atoms with E-state index in [9.17, 15) is 4.79 Å². The monoisotopic (exact) mass is 309 g/mol. The Hall–Kier alpha value is -2.62. The maximum atomic E-state index is 12.2. The van der Waals surface area contributed by atoms with Gasteiger partial charge in [0.05, 0.1) is 6.54 Å². The Labute approximate surface area is 137 Å². The molecule has 2 rings (SSSR count). The molecule has 2 aromatic rings. The fourth-order valence-corrected chi connectivity index (χ4v) is 2.46. The first kappa shape index (κ1) is 16.7. The van der Waals surface area contributed by atoms with Crippen molar-refractivity contribution in [3.8, 4) is 0 Å². The number of anilines is 1. The Bertz CT molecular complexity index is 613. The van der Waals surface area contributed by atoms with Crippen molar-refractivity contribution >= 4 is 11.6 Å². The fourth-order valence-electron chi connectivity index (χ4n) is 2.46. The SMILES string of the molecule is C=CCC(CNC(=O)CN(C)c1ccncc1)c1ccccc1. The first-order valence-electron chi connectivity index (χ1n) is 7.74. The molecule has 1 N–H and O–H groups in total. The third-order valence-corrected chi connectivity index (χ3v) is 3.75. The van der Waals surface area contributed by atoms with E-state index >= 15 is 0 Å². The van der Waals surface area contributed by atoms with Crippen molar-refractivity contribution in [2.24, 2.45) is 0 Å². The van der Waals surface area contributed by atoms with Crippen LogP contribution in [-0.4, -0.2) is 31.0 Å². The minimum absolute atomic E-state index is 0.00862. The Morgan fingerprint density at radius 1 is 1.26 bits per heavy atom. The number of aromatic nitrogens is 1. The number of benzene rings is 1. The first-order valence-corrected chi connectivity index (χ1v) is 7.74. The second kappa shape index (κ2) is 8.73. The highest BCUT2D eigenvalue weighted by atomic mass is 16.2. The van der Waals surface area contributed by atoms with Gasteiger partial charge >= 0.3 is 0 Å². The summed E-state index contributed by atoms with van der Waals surface area (Å²) >= 11 is 0. The molecule has 1 aromatic carbocycles. The van der Waals surface area contributed by atoms with Gasteiger partial charge in [0.2, 0.25) is 5.91 Å². The summed E-state index contributed by atoms with van der Waals surface area (Å²) < 4.78 is 0. The van der Waals surface area contributed by atoms with E-state index in [0.717, 1.165) is 12.1 Å². The number of carbonyl (C=O) groups is 1. The first-order chi connectivity index (χ1) is 11.2. The summed E-state index contributed by atoms with van der Waals surface area (Å²) in [5, 5.41) is 3.02. The van der Waals surface area contributed by atoms with Gasteiger partial charge in [-0.15, -0.1) is 6.58 Å². The van der Waals surface area contributed by atoms with Gasteiger partial charge in [0.15, 0.2) is 0 Å². The molecule has 1 atom stereocenters. The van der Waals surface area contributed by atoms with Crippen molar-refractivity contribution in [1.82, 2.24) is 10.3 Å². The van der Waals surface area contributed by atoms with Gasteiger partial charge in [-0.3, -0.25) is 9.78 Å². The Balaban J connectivity index is 1.88. The van der Waals surface area contributed by atoms with Gasteiger partial charge in [-0.25, -0.2) is 0 Å². The fraction of sp³-hybridized carbons (Fsp3) is 0.263. The van der Waals surface area contributed by atoms with Crippen LogP contribution in [-0.2, 0) is 4.79 Å². The zero-order valence-electron chi connectivity index (χ0n) is 13.5. The summed E-state index contributed by atoms with van der Waals surface area (Å²) in [5.41, 5.74) is 2.19. The molecule has 0 aliphatic heterocycles. The average molecular weight is 309 g/mol. The van der Waals surface area contributed by atoms with E-state index in [4.69, 9.17) is 0 Å². The molecule has 0 aliphatic carbocycles. The molecule has 0 bridgehead atoms. The third-order valence-electron chi connectivity index (χ3n) is 3.75. The largest absolute Gasteiger partial charge is 0.365 e. The Morgan fingerprint density at radius 2 is 1.96 bits per heavy atom. The van der Waals surface area contributed by atoms with Crippen LogP contribution in [0.1, 0.15) is 17.9 Å². The number of allylic oxidation sites excluding steroid dienone is 1. The molecule has 1 heterocycles. The van der Waals surface area contributed by atoms with Crippen LogP contribution in [0, 0.1) is 0 Å². The number of amides is 1. The molecule has 1 amide bonds. The molecule has 0 saturated heterocycles. The number of pyridine rings is 1. The summed E-state index contributed by atoms with van der Waals surface area (Å²) in [6.45, 7) is 4.74. The third kappa shape index (κ3) is 5.25. The number of rotatable bonds is 8. The molecular weight excluding hydrogens is 286 g/mol. The van der Waals surface area contributed by atoms with E-state index in [-0.39, 0.29) is 11.8 Å². The van der Waals surface area contributed by atoms with Crippen LogP contribution in [0.3, 0.4) is 0 Å². The summed E-state index contributed by atoms with van der Waals surface area (Å²) in [6, 6.07) is 14.0. The van der Waals surface area contributed by atoms with E-state index in [1.165, 1.54) is 5.56 Å². The Morgan fingerprint density at radius 3 is 2.61 bits per heavy atom. The van der Waals surface area contributed by atoms with E-state index in [0.29, 0.717) is 13.1 Å². The van der Waals surface area contributed by atoms with Crippen LogP contribution in [0.2, 0.25) is 0 Å². The maximum absolute atomic E-state index is 12.2. The highest BCUT2D eigenvalue weighted by molar-refractivity contribution is 5.81. The lowest BCUT2D eigenvalue weighted by Crippen LogP contribution is -2.37. The van der Waals surface area contributed by atoms with E-state index < -0.39 is 0 Å². The zero-order valence-corrected chi connectivity index (χ0v) is 13.5. The van der Waals surface area contributed by atoms with Crippen molar-refractivity contribution < 1.29 is 4.79 Å². The molecular formula is C19H23N3O. The standard InChI is InChI=1S/C19H23N3O/c1-3-7-17(16-8-5-4-6-9-16)14-21-19(23)15-22(2)18-10-12-20-13-11-18/h3-6,8-13,17H,1,7,14-15H2,2H3,(H,21,23). The van der Waals surface area contributed by atoms with Crippen molar-refractivity contribution in [3.05, 3.63) is 73.1 Å². The van der Waals surface area contributed by atoms with Gasteiger partial charge in [-0.1, -0.05) is 36.4 Å². The minimum atomic E-state index is 0.00862. The second-order valence-corrected chi connectivity index (χ2v) is 5.50. The second-order valence-electron chi connectivity index (χ2n) is 5.50. The minimum Gasteiger partial charge on any atom is -0.365 e. The van der Waals surface area contributed by atoms with Crippen molar-refractivity contribution in [2.75, 3.05) is 25.0 Å². The number of nitrogens with one attached hydrogen (secondary N) is 1. The van der Waals surface area contributed by atoms with Gasteiger partial charge in [-0.05, 0) is 24.1 Å². The molecule has 4 heteroatoms. The van der Waals surface area contributed by atoms with Crippen LogP contribution in [0.15, 0.2) is 67.5 Å². The highest BCUT2D eigenvalue weighted by Crippen LogP contribution is 2.18. The summed E-state index contributed by atoms with van der Waals surface area (Å²) in [7, 11) is 1.90. The van der Waals surface area contributed by atoms with Gasteiger partial charge in [-0.2, -0.15) is 0 Å². The molecule has 1 unspecified atom stereocenters. The predicted octanol–water partition coefficient (Wildman–Crippen LogP) is 2.99. The van der Waals surface area contributed by atoms with Crippen LogP contribution in [0.4, 0.5) is 5.69 Å². The smallest absolute Gasteiger partial charge is 0.239 e. The number of hydrogen-bond donors (Lipinski definition) is 1. The van der Waals surface area contributed by atoms with Crippen LogP contribution >= 0.6 is 0 Å².